The van der Waals surface area contributed by atoms with Gasteiger partial charge in [0.05, 0.1) is 35.4 Å². The maximum atomic E-state index is 13.4. The second-order valence-electron chi connectivity index (χ2n) is 8.39. The lowest BCUT2D eigenvalue weighted by atomic mass is 10.2. The van der Waals surface area contributed by atoms with E-state index >= 15 is 0 Å². The molecule has 0 aliphatic rings. The highest BCUT2D eigenvalue weighted by Gasteiger charge is 2.16. The Bertz CT molecular complexity index is 1730. The number of aryl methyl sites for hydroxylation is 1. The number of benzene rings is 2. The number of hydrogen-bond acceptors (Lipinski definition) is 6. The quantitative estimate of drug-likeness (QED) is 0.401. The van der Waals surface area contributed by atoms with Gasteiger partial charge in [-0.05, 0) is 24.3 Å². The van der Waals surface area contributed by atoms with Gasteiger partial charge < -0.3 is 4.90 Å². The first-order chi connectivity index (χ1) is 16.6. The maximum Gasteiger partial charge on any atom is 0.261 e. The van der Waals surface area contributed by atoms with Crippen LogP contribution in [0.25, 0.3) is 27.5 Å². The van der Waals surface area contributed by atoms with Crippen molar-refractivity contribution in [3.63, 3.8) is 0 Å². The highest BCUT2D eigenvalue weighted by atomic mass is 16.1. The molecule has 0 atom stereocenters. The number of fused-ring (bicyclic) bond motifs is 4. The highest BCUT2D eigenvalue weighted by molar-refractivity contribution is 5.89. The molecule has 0 fully saturated rings. The first-order valence-electron chi connectivity index (χ1n) is 11.0. The molecule has 4 aromatic heterocycles. The fraction of sp³-hybridized carbons (Fsp3) is 0.160. The Labute approximate surface area is 194 Å². The lowest BCUT2D eigenvalue weighted by molar-refractivity contribution is 0.733. The lowest BCUT2D eigenvalue weighted by Crippen LogP contribution is -2.25. The maximum absolute atomic E-state index is 13.4. The summed E-state index contributed by atoms with van der Waals surface area (Å²) in [5.41, 5.74) is 3.35. The van der Waals surface area contributed by atoms with Gasteiger partial charge in [0.1, 0.15) is 17.8 Å². The molecule has 2 aromatic carbocycles. The molecule has 34 heavy (non-hydrogen) atoms. The largest absolute Gasteiger partial charge is 0.355 e. The van der Waals surface area contributed by atoms with Gasteiger partial charge in [0.25, 0.3) is 5.56 Å². The molecule has 0 unspecified atom stereocenters. The van der Waals surface area contributed by atoms with E-state index in [1.165, 1.54) is 0 Å². The highest BCUT2D eigenvalue weighted by Crippen LogP contribution is 2.25. The van der Waals surface area contributed by atoms with Crippen molar-refractivity contribution in [2.75, 3.05) is 11.9 Å². The topological polar surface area (TPSA) is 86.1 Å². The van der Waals surface area contributed by atoms with Gasteiger partial charge in [0, 0.05) is 37.8 Å². The fourth-order valence-electron chi connectivity index (χ4n) is 4.45. The van der Waals surface area contributed by atoms with Crippen molar-refractivity contribution >= 4 is 33.3 Å². The molecular formula is C25H22N8O. The molecule has 0 aliphatic carbocycles. The van der Waals surface area contributed by atoms with Gasteiger partial charge in [-0.3, -0.25) is 18.4 Å². The minimum Gasteiger partial charge on any atom is -0.355 e. The molecule has 0 aliphatic heterocycles. The van der Waals surface area contributed by atoms with Crippen LogP contribution in [0.3, 0.4) is 0 Å². The van der Waals surface area contributed by atoms with E-state index in [-0.39, 0.29) is 12.1 Å². The molecule has 0 amide bonds. The molecule has 0 N–H and O–H groups in total. The number of aromatic nitrogens is 7. The predicted octanol–water partition coefficient (Wildman–Crippen LogP) is 3.01. The van der Waals surface area contributed by atoms with Crippen molar-refractivity contribution < 1.29 is 0 Å². The second kappa shape index (κ2) is 7.80. The zero-order chi connectivity index (χ0) is 23.2. The average Bonchev–Trinajstić information content (AvgIpc) is 3.50. The molecular weight excluding hydrogens is 428 g/mol. The molecule has 168 valence electrons. The molecule has 0 spiro atoms. The van der Waals surface area contributed by atoms with Crippen molar-refractivity contribution in [2.24, 2.45) is 7.05 Å². The second-order valence-corrected chi connectivity index (χ2v) is 8.39. The monoisotopic (exact) mass is 450 g/mol. The summed E-state index contributed by atoms with van der Waals surface area (Å²) in [7, 11) is 3.91. The third kappa shape index (κ3) is 3.29. The van der Waals surface area contributed by atoms with Crippen molar-refractivity contribution in [2.45, 2.75) is 13.1 Å². The van der Waals surface area contributed by atoms with Crippen molar-refractivity contribution in [3.8, 4) is 0 Å². The minimum atomic E-state index is -0.0920. The van der Waals surface area contributed by atoms with Crippen LogP contribution in [0.4, 0.5) is 5.82 Å². The van der Waals surface area contributed by atoms with Crippen LogP contribution in [0.2, 0.25) is 0 Å². The number of hydrogen-bond donors (Lipinski definition) is 0. The number of rotatable bonds is 5. The van der Waals surface area contributed by atoms with E-state index in [0.717, 1.165) is 27.8 Å². The van der Waals surface area contributed by atoms with Gasteiger partial charge in [-0.15, -0.1) is 0 Å². The van der Waals surface area contributed by atoms with Gasteiger partial charge in [0.2, 0.25) is 0 Å². The molecule has 9 nitrogen and oxygen atoms in total. The number of anilines is 1. The SMILES string of the molecule is CN(Cc1cnn(C)c1)c1nc(Cn2c(=O)c3ccccc3n3cncc23)nc2ccccc12. The Balaban J connectivity index is 1.48. The summed E-state index contributed by atoms with van der Waals surface area (Å²) in [4.78, 5) is 29.5. The Morgan fingerprint density at radius 1 is 0.971 bits per heavy atom. The minimum absolute atomic E-state index is 0.0920. The molecule has 6 aromatic rings. The van der Waals surface area contributed by atoms with Crippen LogP contribution < -0.4 is 10.5 Å². The van der Waals surface area contributed by atoms with Gasteiger partial charge in [-0.25, -0.2) is 15.0 Å². The van der Waals surface area contributed by atoms with Crippen LogP contribution >= 0.6 is 0 Å². The lowest BCUT2D eigenvalue weighted by Gasteiger charge is -2.20. The third-order valence-corrected chi connectivity index (χ3v) is 6.00. The number of imidazole rings is 1. The molecule has 0 saturated carbocycles. The van der Waals surface area contributed by atoms with Gasteiger partial charge >= 0.3 is 0 Å². The van der Waals surface area contributed by atoms with E-state index < -0.39 is 0 Å². The number of para-hydroxylation sites is 2. The van der Waals surface area contributed by atoms with Crippen molar-refractivity contribution in [3.05, 3.63) is 95.2 Å². The first kappa shape index (κ1) is 20.1. The van der Waals surface area contributed by atoms with Crippen LogP contribution in [0.1, 0.15) is 11.4 Å². The summed E-state index contributed by atoms with van der Waals surface area (Å²) in [6.07, 6.45) is 7.27. The number of nitrogens with zero attached hydrogens (tertiary/aromatic N) is 8. The standard InChI is InChI=1S/C25H22N8O/c1-30(13-17-11-27-31(2)14-17)24-18-7-3-5-9-20(18)28-22(29-24)15-32-23-12-26-16-33(23)21-10-6-4-8-19(21)25(32)34/h3-12,14,16H,13,15H2,1-2H3. The Morgan fingerprint density at radius 3 is 2.59 bits per heavy atom. The van der Waals surface area contributed by atoms with E-state index in [1.54, 1.807) is 21.8 Å². The molecule has 9 heteroatoms. The van der Waals surface area contributed by atoms with Crippen molar-refractivity contribution in [1.82, 2.24) is 33.7 Å². The zero-order valence-corrected chi connectivity index (χ0v) is 18.8. The Hall–Kier alpha value is -4.53. The summed E-state index contributed by atoms with van der Waals surface area (Å²) in [5, 5.41) is 5.85. The molecule has 0 saturated heterocycles. The molecule has 0 radical (unpaired) electrons. The van der Waals surface area contributed by atoms with E-state index in [9.17, 15) is 4.79 Å². The van der Waals surface area contributed by atoms with Crippen LogP contribution in [0, 0.1) is 0 Å². The van der Waals surface area contributed by atoms with E-state index in [2.05, 4.69) is 15.0 Å². The van der Waals surface area contributed by atoms with Gasteiger partial charge in [-0.2, -0.15) is 5.10 Å². The zero-order valence-electron chi connectivity index (χ0n) is 18.8. The van der Waals surface area contributed by atoms with Crippen LogP contribution in [-0.4, -0.2) is 40.7 Å². The molecule has 4 heterocycles. The summed E-state index contributed by atoms with van der Waals surface area (Å²) < 4.78 is 5.40. The van der Waals surface area contributed by atoms with Crippen LogP contribution in [0.15, 0.2) is 78.2 Å². The summed E-state index contributed by atoms with van der Waals surface area (Å²) in [6, 6.07) is 15.5. The average molecular weight is 451 g/mol. The fourth-order valence-corrected chi connectivity index (χ4v) is 4.45. The van der Waals surface area contributed by atoms with E-state index in [4.69, 9.17) is 9.97 Å². The van der Waals surface area contributed by atoms with E-state index in [0.29, 0.717) is 23.4 Å². The molecule has 0 bridgehead atoms. The summed E-state index contributed by atoms with van der Waals surface area (Å²) in [5.74, 6) is 1.37. The summed E-state index contributed by atoms with van der Waals surface area (Å²) >= 11 is 0. The van der Waals surface area contributed by atoms with E-state index in [1.807, 2.05) is 79.4 Å². The first-order valence-corrected chi connectivity index (χ1v) is 11.0. The van der Waals surface area contributed by atoms with Crippen molar-refractivity contribution in [1.29, 1.82) is 0 Å². The Morgan fingerprint density at radius 2 is 1.76 bits per heavy atom. The third-order valence-electron chi connectivity index (χ3n) is 6.00. The summed E-state index contributed by atoms with van der Waals surface area (Å²) in [6.45, 7) is 0.883. The Kier molecular flexibility index (Phi) is 4.61. The predicted molar refractivity (Wildman–Crippen MR) is 131 cm³/mol. The smallest absolute Gasteiger partial charge is 0.261 e. The van der Waals surface area contributed by atoms with Gasteiger partial charge in [-0.1, -0.05) is 24.3 Å². The van der Waals surface area contributed by atoms with Crippen LogP contribution in [0.5, 0.6) is 0 Å². The molecule has 6 rings (SSSR count). The van der Waals surface area contributed by atoms with Crippen LogP contribution in [-0.2, 0) is 20.1 Å². The van der Waals surface area contributed by atoms with Gasteiger partial charge in [0.15, 0.2) is 5.82 Å². The normalized spacial score (nSPS) is 11.6.